The fourth-order valence-electron chi connectivity index (χ4n) is 4.73. The highest BCUT2D eigenvalue weighted by molar-refractivity contribution is 7.89. The van der Waals surface area contributed by atoms with Crippen molar-refractivity contribution >= 4 is 15.9 Å². The van der Waals surface area contributed by atoms with E-state index in [0.29, 0.717) is 43.8 Å². The minimum Gasteiger partial charge on any atom is -0.491 e. The predicted octanol–water partition coefficient (Wildman–Crippen LogP) is 3.65. The van der Waals surface area contributed by atoms with Gasteiger partial charge < -0.3 is 14.6 Å². The number of aromatic nitrogens is 2. The Labute approximate surface area is 213 Å². The van der Waals surface area contributed by atoms with Crippen LogP contribution in [0.15, 0.2) is 72.1 Å². The van der Waals surface area contributed by atoms with Crippen LogP contribution >= 0.6 is 0 Å². The summed E-state index contributed by atoms with van der Waals surface area (Å²) in [6.07, 6.45) is 5.24. The summed E-state index contributed by atoms with van der Waals surface area (Å²) < 4.78 is 35.5. The van der Waals surface area contributed by atoms with Crippen LogP contribution in [0.1, 0.15) is 42.6 Å². The molecule has 1 fully saturated rings. The maximum absolute atomic E-state index is 13.4. The number of imidazole rings is 1. The smallest absolute Gasteiger partial charge is 0.262 e. The Bertz CT molecular complexity index is 1270. The standard InChI is InChI=1S/C27H34N4O4S/c1-21(2)35-24-12-10-23(11-13-24)26(32)28-18-27(16-22-8-5-4-6-9-22)14-7-15-31(19-27)36(33,34)25-17-30(3)20-29-25/h4-6,8-13,17,20-21H,7,14-16,18-19H2,1-3H3,(H,28,32). The number of hydrogen-bond donors (Lipinski definition) is 1. The van der Waals surface area contributed by atoms with Crippen molar-refractivity contribution in [1.82, 2.24) is 19.2 Å². The lowest BCUT2D eigenvalue weighted by molar-refractivity contribution is 0.0888. The van der Waals surface area contributed by atoms with Crippen LogP contribution in [0.2, 0.25) is 0 Å². The van der Waals surface area contributed by atoms with Gasteiger partial charge in [0.25, 0.3) is 15.9 Å². The summed E-state index contributed by atoms with van der Waals surface area (Å²) in [5.41, 5.74) is 1.20. The van der Waals surface area contributed by atoms with E-state index in [1.165, 1.54) is 16.8 Å². The summed E-state index contributed by atoms with van der Waals surface area (Å²) in [6.45, 7) is 5.00. The van der Waals surface area contributed by atoms with Crippen molar-refractivity contribution in [2.45, 2.75) is 44.2 Å². The van der Waals surface area contributed by atoms with Crippen LogP contribution in [0.4, 0.5) is 0 Å². The zero-order valence-corrected chi connectivity index (χ0v) is 21.9. The van der Waals surface area contributed by atoms with E-state index >= 15 is 0 Å². The van der Waals surface area contributed by atoms with Crippen molar-refractivity contribution in [2.24, 2.45) is 12.5 Å². The molecule has 0 aliphatic carbocycles. The number of carbonyl (C=O) groups is 1. The van der Waals surface area contributed by atoms with Gasteiger partial charge in [0.1, 0.15) is 5.75 Å². The van der Waals surface area contributed by atoms with E-state index in [0.717, 1.165) is 12.0 Å². The summed E-state index contributed by atoms with van der Waals surface area (Å²) in [4.78, 5) is 17.1. The highest BCUT2D eigenvalue weighted by atomic mass is 32.2. The van der Waals surface area contributed by atoms with Gasteiger partial charge in [-0.3, -0.25) is 4.79 Å². The molecular formula is C27H34N4O4S. The summed E-state index contributed by atoms with van der Waals surface area (Å²) in [5, 5.41) is 3.13. The molecule has 0 spiro atoms. The fraction of sp³-hybridized carbons (Fsp3) is 0.407. The average molecular weight is 511 g/mol. The van der Waals surface area contributed by atoms with Crippen LogP contribution in [0, 0.1) is 5.41 Å². The molecule has 1 unspecified atom stereocenters. The number of nitrogens with zero attached hydrogens (tertiary/aromatic N) is 3. The number of rotatable bonds is 9. The van der Waals surface area contributed by atoms with E-state index in [1.807, 2.05) is 44.2 Å². The zero-order chi connectivity index (χ0) is 25.8. The summed E-state index contributed by atoms with van der Waals surface area (Å²) in [7, 11) is -1.99. The summed E-state index contributed by atoms with van der Waals surface area (Å²) in [6, 6.07) is 17.1. The van der Waals surface area contributed by atoms with E-state index in [2.05, 4.69) is 10.3 Å². The Morgan fingerprint density at radius 2 is 1.86 bits per heavy atom. The zero-order valence-electron chi connectivity index (χ0n) is 21.1. The van der Waals surface area contributed by atoms with Crippen LogP contribution in [0.25, 0.3) is 0 Å². The number of nitrogens with one attached hydrogen (secondary N) is 1. The van der Waals surface area contributed by atoms with Crippen molar-refractivity contribution in [3.63, 3.8) is 0 Å². The van der Waals surface area contributed by atoms with Gasteiger partial charge >= 0.3 is 0 Å². The normalized spacial score (nSPS) is 18.8. The number of benzene rings is 2. The second-order valence-electron chi connectivity index (χ2n) is 9.86. The number of hydrogen-bond acceptors (Lipinski definition) is 5. The van der Waals surface area contributed by atoms with Gasteiger partial charge in [-0.2, -0.15) is 4.31 Å². The van der Waals surface area contributed by atoms with E-state index in [-0.39, 0.29) is 17.0 Å². The quantitative estimate of drug-likeness (QED) is 0.474. The van der Waals surface area contributed by atoms with Gasteiger partial charge in [-0.05, 0) is 62.9 Å². The Morgan fingerprint density at radius 3 is 2.50 bits per heavy atom. The second kappa shape index (κ2) is 10.8. The maximum Gasteiger partial charge on any atom is 0.262 e. The number of piperidine rings is 1. The first-order valence-corrected chi connectivity index (χ1v) is 13.7. The minimum absolute atomic E-state index is 0.0493. The number of ether oxygens (including phenoxy) is 1. The first-order chi connectivity index (χ1) is 17.2. The van der Waals surface area contributed by atoms with Crippen molar-refractivity contribution in [2.75, 3.05) is 19.6 Å². The summed E-state index contributed by atoms with van der Waals surface area (Å²) in [5.74, 6) is 0.521. The van der Waals surface area contributed by atoms with Crippen molar-refractivity contribution in [1.29, 1.82) is 0 Å². The molecule has 36 heavy (non-hydrogen) atoms. The molecule has 1 aliphatic heterocycles. The molecule has 1 amide bonds. The Balaban J connectivity index is 1.54. The van der Waals surface area contributed by atoms with Crippen LogP contribution in [-0.2, 0) is 23.5 Å². The molecule has 1 saturated heterocycles. The van der Waals surface area contributed by atoms with Gasteiger partial charge in [-0.15, -0.1) is 0 Å². The molecule has 2 heterocycles. The van der Waals surface area contributed by atoms with Gasteiger partial charge in [-0.25, -0.2) is 13.4 Å². The third-order valence-corrected chi connectivity index (χ3v) is 8.18. The molecule has 2 aromatic carbocycles. The van der Waals surface area contributed by atoms with Crippen LogP contribution in [0.3, 0.4) is 0 Å². The molecule has 4 rings (SSSR count). The molecule has 8 nitrogen and oxygen atoms in total. The Morgan fingerprint density at radius 1 is 1.14 bits per heavy atom. The van der Waals surface area contributed by atoms with Crippen molar-refractivity contribution in [3.8, 4) is 5.75 Å². The average Bonchev–Trinajstić information content (AvgIpc) is 3.31. The first kappa shape index (κ1) is 25.9. The molecule has 0 bridgehead atoms. The molecule has 9 heteroatoms. The molecule has 1 aliphatic rings. The monoisotopic (exact) mass is 510 g/mol. The minimum atomic E-state index is -3.74. The number of amides is 1. The van der Waals surface area contributed by atoms with Gasteiger partial charge in [0, 0.05) is 43.9 Å². The van der Waals surface area contributed by atoms with Gasteiger partial charge in [0.05, 0.1) is 12.4 Å². The molecule has 1 N–H and O–H groups in total. The number of aryl methyl sites for hydroxylation is 1. The maximum atomic E-state index is 13.4. The van der Waals surface area contributed by atoms with Crippen LogP contribution in [-0.4, -0.2) is 53.9 Å². The van der Waals surface area contributed by atoms with E-state index in [9.17, 15) is 13.2 Å². The lowest BCUT2D eigenvalue weighted by Crippen LogP contribution is -2.52. The number of carbonyl (C=O) groups excluding carboxylic acids is 1. The largest absolute Gasteiger partial charge is 0.491 e. The molecule has 3 aromatic rings. The topological polar surface area (TPSA) is 93.5 Å². The van der Waals surface area contributed by atoms with Crippen molar-refractivity contribution < 1.29 is 17.9 Å². The van der Waals surface area contributed by atoms with E-state index in [1.54, 1.807) is 35.9 Å². The molecule has 0 saturated carbocycles. The Kier molecular flexibility index (Phi) is 7.80. The van der Waals surface area contributed by atoms with E-state index in [4.69, 9.17) is 4.74 Å². The van der Waals surface area contributed by atoms with Crippen molar-refractivity contribution in [3.05, 3.63) is 78.2 Å². The third kappa shape index (κ3) is 6.14. The van der Waals surface area contributed by atoms with Crippen LogP contribution < -0.4 is 10.1 Å². The van der Waals surface area contributed by atoms with Gasteiger partial charge in [-0.1, -0.05) is 30.3 Å². The molecule has 192 valence electrons. The number of sulfonamides is 1. The van der Waals surface area contributed by atoms with Gasteiger partial charge in [0.2, 0.25) is 0 Å². The second-order valence-corrected chi connectivity index (χ2v) is 11.7. The molecule has 0 radical (unpaired) electrons. The lowest BCUT2D eigenvalue weighted by Gasteiger charge is -2.42. The lowest BCUT2D eigenvalue weighted by atomic mass is 9.75. The first-order valence-electron chi connectivity index (χ1n) is 12.2. The fourth-order valence-corrected chi connectivity index (χ4v) is 6.29. The molecule has 1 aromatic heterocycles. The van der Waals surface area contributed by atoms with E-state index < -0.39 is 15.4 Å². The predicted molar refractivity (Wildman–Crippen MR) is 138 cm³/mol. The highest BCUT2D eigenvalue weighted by Crippen LogP contribution is 2.35. The molecular weight excluding hydrogens is 476 g/mol. The SMILES string of the molecule is CC(C)Oc1ccc(C(=O)NCC2(Cc3ccccc3)CCCN(S(=O)(=O)c3cn(C)cn3)C2)cc1. The van der Waals surface area contributed by atoms with Gasteiger partial charge in [0.15, 0.2) is 5.03 Å². The van der Waals surface area contributed by atoms with Crippen LogP contribution in [0.5, 0.6) is 5.75 Å². The summed E-state index contributed by atoms with van der Waals surface area (Å²) >= 11 is 0. The Hall–Kier alpha value is -3.17. The molecule has 1 atom stereocenters. The highest BCUT2D eigenvalue weighted by Gasteiger charge is 2.41. The third-order valence-electron chi connectivity index (χ3n) is 6.45.